The summed E-state index contributed by atoms with van der Waals surface area (Å²) < 4.78 is 15.1. The first kappa shape index (κ1) is 17.9. The molecule has 0 fully saturated rings. The molecule has 1 aromatic carbocycles. The third-order valence-corrected chi connectivity index (χ3v) is 4.48. The number of carbonyl (C=O) groups excluding carboxylic acids is 3. The molecule has 0 bridgehead atoms. The highest BCUT2D eigenvalue weighted by atomic mass is 16.5. The van der Waals surface area contributed by atoms with Crippen molar-refractivity contribution in [3.63, 3.8) is 0 Å². The average Bonchev–Trinajstić information content (AvgIpc) is 3.09. The summed E-state index contributed by atoms with van der Waals surface area (Å²) in [5, 5.41) is 0. The zero-order valence-electron chi connectivity index (χ0n) is 14.9. The Kier molecular flexibility index (Phi) is 4.94. The number of nitrogens with zero attached hydrogens (tertiary/aromatic N) is 2. The average molecular weight is 360 g/mol. The summed E-state index contributed by atoms with van der Waals surface area (Å²) in [6.07, 6.45) is 0.721. The number of hydrogen-bond acceptors (Lipinski definition) is 7. The van der Waals surface area contributed by atoms with E-state index < -0.39 is 11.9 Å². The van der Waals surface area contributed by atoms with E-state index in [1.165, 1.54) is 21.1 Å². The standard InChI is InChI=1S/C18H20N2O6/c1-11(21)19-7-6-12-8-13(4-5-15(12)19)20-10-26-9-14(17(22)24-2)16(20)18(23)25-3/h4-5,8H,6-7,9-10H2,1-3H3. The summed E-state index contributed by atoms with van der Waals surface area (Å²) in [6, 6.07) is 5.51. The first-order valence-corrected chi connectivity index (χ1v) is 8.14. The van der Waals surface area contributed by atoms with Gasteiger partial charge in [-0.05, 0) is 30.2 Å². The second-order valence-corrected chi connectivity index (χ2v) is 5.95. The van der Waals surface area contributed by atoms with E-state index in [1.807, 2.05) is 12.1 Å². The van der Waals surface area contributed by atoms with Crippen molar-refractivity contribution in [3.05, 3.63) is 35.0 Å². The maximum absolute atomic E-state index is 12.3. The van der Waals surface area contributed by atoms with Crippen molar-refractivity contribution in [1.29, 1.82) is 0 Å². The Bertz CT molecular complexity index is 801. The number of methoxy groups -OCH3 is 2. The Morgan fingerprint density at radius 1 is 1.12 bits per heavy atom. The highest BCUT2D eigenvalue weighted by molar-refractivity contribution is 6.03. The van der Waals surface area contributed by atoms with Crippen LogP contribution in [0.1, 0.15) is 12.5 Å². The van der Waals surface area contributed by atoms with Crippen molar-refractivity contribution in [2.75, 3.05) is 43.9 Å². The van der Waals surface area contributed by atoms with Gasteiger partial charge in [0.15, 0.2) is 0 Å². The number of fused-ring (bicyclic) bond motifs is 1. The number of benzene rings is 1. The van der Waals surface area contributed by atoms with Crippen molar-refractivity contribution in [2.45, 2.75) is 13.3 Å². The van der Waals surface area contributed by atoms with Gasteiger partial charge in [0.1, 0.15) is 12.4 Å². The van der Waals surface area contributed by atoms with Crippen molar-refractivity contribution < 1.29 is 28.6 Å². The molecule has 0 aromatic heterocycles. The van der Waals surface area contributed by atoms with Crippen LogP contribution < -0.4 is 9.80 Å². The topological polar surface area (TPSA) is 85.4 Å². The van der Waals surface area contributed by atoms with Crippen molar-refractivity contribution in [1.82, 2.24) is 0 Å². The minimum Gasteiger partial charge on any atom is -0.466 e. The number of hydrogen-bond donors (Lipinski definition) is 0. The summed E-state index contributed by atoms with van der Waals surface area (Å²) in [5.74, 6) is -1.29. The van der Waals surface area contributed by atoms with Gasteiger partial charge in [0, 0.05) is 24.8 Å². The van der Waals surface area contributed by atoms with Crippen LogP contribution in [0.3, 0.4) is 0 Å². The van der Waals surface area contributed by atoms with Crippen LogP contribution in [0.5, 0.6) is 0 Å². The van der Waals surface area contributed by atoms with Crippen LogP contribution in [-0.2, 0) is 35.0 Å². The van der Waals surface area contributed by atoms with Crippen molar-refractivity contribution in [3.8, 4) is 0 Å². The number of rotatable bonds is 3. The Balaban J connectivity index is 2.03. The molecule has 8 nitrogen and oxygen atoms in total. The summed E-state index contributed by atoms with van der Waals surface area (Å²) in [6.45, 7) is 2.22. The predicted octanol–water partition coefficient (Wildman–Crippen LogP) is 0.990. The number of ether oxygens (including phenoxy) is 3. The van der Waals surface area contributed by atoms with Gasteiger partial charge in [-0.15, -0.1) is 0 Å². The lowest BCUT2D eigenvalue weighted by molar-refractivity contribution is -0.140. The molecule has 0 aliphatic carbocycles. The monoisotopic (exact) mass is 360 g/mol. The first-order chi connectivity index (χ1) is 12.5. The van der Waals surface area contributed by atoms with Gasteiger partial charge < -0.3 is 24.0 Å². The largest absolute Gasteiger partial charge is 0.466 e. The second-order valence-electron chi connectivity index (χ2n) is 5.95. The van der Waals surface area contributed by atoms with Gasteiger partial charge in [0.2, 0.25) is 5.91 Å². The van der Waals surface area contributed by atoms with Crippen molar-refractivity contribution in [2.24, 2.45) is 0 Å². The molecule has 2 heterocycles. The van der Waals surface area contributed by atoms with E-state index in [0.717, 1.165) is 17.7 Å². The van der Waals surface area contributed by atoms with Gasteiger partial charge in [-0.25, -0.2) is 9.59 Å². The maximum Gasteiger partial charge on any atom is 0.355 e. The molecule has 1 amide bonds. The van der Waals surface area contributed by atoms with Crippen LogP contribution in [-0.4, -0.2) is 51.9 Å². The highest BCUT2D eigenvalue weighted by Gasteiger charge is 2.33. The second kappa shape index (κ2) is 7.17. The van der Waals surface area contributed by atoms with Crippen LogP contribution >= 0.6 is 0 Å². The Morgan fingerprint density at radius 3 is 2.50 bits per heavy atom. The Morgan fingerprint density at radius 2 is 1.85 bits per heavy atom. The predicted molar refractivity (Wildman–Crippen MR) is 92.5 cm³/mol. The number of amides is 1. The van der Waals surface area contributed by atoms with E-state index in [0.29, 0.717) is 12.2 Å². The molecule has 0 atom stereocenters. The molecule has 138 valence electrons. The molecule has 2 aliphatic heterocycles. The molecule has 0 spiro atoms. The van der Waals surface area contributed by atoms with Crippen LogP contribution in [0.4, 0.5) is 11.4 Å². The smallest absolute Gasteiger partial charge is 0.355 e. The maximum atomic E-state index is 12.3. The Hall–Kier alpha value is -2.87. The number of carbonyl (C=O) groups is 3. The van der Waals surface area contributed by atoms with E-state index in [-0.39, 0.29) is 30.5 Å². The zero-order valence-corrected chi connectivity index (χ0v) is 14.9. The summed E-state index contributed by atoms with van der Waals surface area (Å²) in [7, 11) is 2.50. The molecule has 0 unspecified atom stereocenters. The van der Waals surface area contributed by atoms with Crippen LogP contribution in [0.15, 0.2) is 29.5 Å². The van der Waals surface area contributed by atoms with E-state index >= 15 is 0 Å². The molecule has 0 saturated heterocycles. The SMILES string of the molecule is COC(=O)C1=C(C(=O)OC)N(c2ccc3c(c2)CCN3C(C)=O)COC1. The molecular weight excluding hydrogens is 340 g/mol. The molecule has 26 heavy (non-hydrogen) atoms. The third kappa shape index (κ3) is 3.03. The van der Waals surface area contributed by atoms with Gasteiger partial charge in [-0.3, -0.25) is 4.79 Å². The molecule has 0 radical (unpaired) electrons. The quantitative estimate of drug-likeness (QED) is 0.743. The number of anilines is 2. The van der Waals surface area contributed by atoms with Crippen LogP contribution in [0.25, 0.3) is 0 Å². The summed E-state index contributed by atoms with van der Waals surface area (Å²) in [4.78, 5) is 39.4. The number of esters is 2. The molecule has 2 aliphatic rings. The van der Waals surface area contributed by atoms with Crippen LogP contribution in [0.2, 0.25) is 0 Å². The lowest BCUT2D eigenvalue weighted by atomic mass is 10.1. The van der Waals surface area contributed by atoms with E-state index in [9.17, 15) is 14.4 Å². The normalized spacial score (nSPS) is 16.4. The van der Waals surface area contributed by atoms with Gasteiger partial charge in [0.25, 0.3) is 0 Å². The minimum atomic E-state index is -0.640. The zero-order chi connectivity index (χ0) is 18.8. The fourth-order valence-electron chi connectivity index (χ4n) is 3.23. The molecule has 0 saturated carbocycles. The third-order valence-electron chi connectivity index (χ3n) is 4.48. The van der Waals surface area contributed by atoms with Crippen molar-refractivity contribution >= 4 is 29.2 Å². The van der Waals surface area contributed by atoms with Crippen LogP contribution in [0, 0.1) is 0 Å². The summed E-state index contributed by atoms with van der Waals surface area (Å²) >= 11 is 0. The fraction of sp³-hybridized carbons (Fsp3) is 0.389. The molecule has 8 heteroatoms. The Labute approximate surface area is 150 Å². The highest BCUT2D eigenvalue weighted by Crippen LogP contribution is 2.34. The molecule has 0 N–H and O–H groups in total. The summed E-state index contributed by atoms with van der Waals surface area (Å²) in [5.41, 5.74) is 2.74. The molecular formula is C18H20N2O6. The minimum absolute atomic E-state index is 0.0130. The lowest BCUT2D eigenvalue weighted by Gasteiger charge is -2.31. The lowest BCUT2D eigenvalue weighted by Crippen LogP contribution is -2.38. The van der Waals surface area contributed by atoms with E-state index in [2.05, 4.69) is 0 Å². The van der Waals surface area contributed by atoms with E-state index in [1.54, 1.807) is 15.9 Å². The van der Waals surface area contributed by atoms with Gasteiger partial charge in [-0.1, -0.05) is 0 Å². The van der Waals surface area contributed by atoms with Gasteiger partial charge in [-0.2, -0.15) is 0 Å². The first-order valence-electron chi connectivity index (χ1n) is 8.14. The van der Waals surface area contributed by atoms with E-state index in [4.69, 9.17) is 14.2 Å². The fourth-order valence-corrected chi connectivity index (χ4v) is 3.23. The molecule has 3 rings (SSSR count). The van der Waals surface area contributed by atoms with Gasteiger partial charge in [0.05, 0.1) is 26.4 Å². The molecule has 1 aromatic rings. The van der Waals surface area contributed by atoms with Gasteiger partial charge >= 0.3 is 11.9 Å².